The Morgan fingerprint density at radius 2 is 0.667 bits per heavy atom. The molecule has 3 heterocycles. The van der Waals surface area contributed by atoms with E-state index in [-0.39, 0.29) is 0 Å². The van der Waals surface area contributed by atoms with Gasteiger partial charge in [-0.05, 0) is 93.7 Å². The number of aromatic nitrogens is 3. The molecule has 0 radical (unpaired) electrons. The Labute approximate surface area is 327 Å². The molecular formula is C54H33N3. The zero-order valence-electron chi connectivity index (χ0n) is 30.9. The zero-order valence-corrected chi connectivity index (χ0v) is 30.9. The maximum Gasteiger partial charge on any atom is 0.0626 e. The molecule has 0 bridgehead atoms. The van der Waals surface area contributed by atoms with Gasteiger partial charge < -0.3 is 13.7 Å². The number of hydrogen-bond donors (Lipinski definition) is 0. The van der Waals surface area contributed by atoms with Crippen LogP contribution in [0.2, 0.25) is 0 Å². The van der Waals surface area contributed by atoms with E-state index >= 15 is 0 Å². The maximum atomic E-state index is 2.49. The van der Waals surface area contributed by atoms with Crippen LogP contribution in [0.1, 0.15) is 0 Å². The summed E-state index contributed by atoms with van der Waals surface area (Å²) in [5.41, 5.74) is 10.7. The molecule has 0 N–H and O–H groups in total. The second-order valence-electron chi connectivity index (χ2n) is 15.3. The first-order valence-electron chi connectivity index (χ1n) is 19.7. The van der Waals surface area contributed by atoms with Crippen LogP contribution in [0.15, 0.2) is 200 Å². The van der Waals surface area contributed by atoms with E-state index in [1.165, 1.54) is 103 Å². The molecule has 0 atom stereocenters. The van der Waals surface area contributed by atoms with Crippen molar-refractivity contribution >= 4 is 97.7 Å². The van der Waals surface area contributed by atoms with E-state index in [1.807, 2.05) is 0 Å². The highest BCUT2D eigenvalue weighted by molar-refractivity contribution is 6.36. The van der Waals surface area contributed by atoms with E-state index in [1.54, 1.807) is 0 Å². The largest absolute Gasteiger partial charge is 0.309 e. The van der Waals surface area contributed by atoms with Gasteiger partial charge in [-0.3, -0.25) is 0 Å². The third kappa shape index (κ3) is 4.15. The molecule has 0 saturated heterocycles. The zero-order chi connectivity index (χ0) is 37.2. The van der Waals surface area contributed by atoms with Crippen molar-refractivity contribution < 1.29 is 0 Å². The van der Waals surface area contributed by atoms with Gasteiger partial charge in [-0.2, -0.15) is 0 Å². The Morgan fingerprint density at radius 1 is 0.228 bits per heavy atom. The lowest BCUT2D eigenvalue weighted by Gasteiger charge is -2.15. The Bertz CT molecular complexity index is 3790. The van der Waals surface area contributed by atoms with Crippen molar-refractivity contribution in [3.63, 3.8) is 0 Å². The molecule has 57 heavy (non-hydrogen) atoms. The van der Waals surface area contributed by atoms with Crippen LogP contribution in [0.3, 0.4) is 0 Å². The van der Waals surface area contributed by atoms with Crippen molar-refractivity contribution in [3.8, 4) is 17.1 Å². The lowest BCUT2D eigenvalue weighted by Crippen LogP contribution is -1.98. The van der Waals surface area contributed by atoms with Crippen LogP contribution < -0.4 is 0 Å². The number of hydrogen-bond acceptors (Lipinski definition) is 0. The summed E-state index contributed by atoms with van der Waals surface area (Å²) >= 11 is 0. The lowest BCUT2D eigenvalue weighted by atomic mass is 9.93. The fraction of sp³-hybridized carbons (Fsp3) is 0. The molecule has 3 aromatic heterocycles. The van der Waals surface area contributed by atoms with Gasteiger partial charge in [-0.25, -0.2) is 0 Å². The van der Waals surface area contributed by atoms with Gasteiger partial charge in [0.05, 0.1) is 33.1 Å². The third-order valence-electron chi connectivity index (χ3n) is 12.4. The van der Waals surface area contributed by atoms with Crippen LogP contribution >= 0.6 is 0 Å². The van der Waals surface area contributed by atoms with Gasteiger partial charge in [-0.15, -0.1) is 0 Å². The van der Waals surface area contributed by atoms with Crippen molar-refractivity contribution in [3.05, 3.63) is 200 Å². The van der Waals surface area contributed by atoms with Crippen molar-refractivity contribution in [1.29, 1.82) is 0 Å². The molecule has 0 fully saturated rings. The molecule has 0 unspecified atom stereocenters. The average Bonchev–Trinajstić information content (AvgIpc) is 3.91. The van der Waals surface area contributed by atoms with Crippen LogP contribution in [0.25, 0.3) is 115 Å². The number of para-hydroxylation sites is 4. The molecule has 10 aromatic carbocycles. The molecule has 264 valence electrons. The van der Waals surface area contributed by atoms with Gasteiger partial charge in [0.1, 0.15) is 0 Å². The fourth-order valence-corrected chi connectivity index (χ4v) is 10.0. The molecule has 0 aliphatic heterocycles. The average molecular weight is 724 g/mol. The monoisotopic (exact) mass is 723 g/mol. The first-order valence-corrected chi connectivity index (χ1v) is 19.7. The first-order chi connectivity index (χ1) is 28.3. The Morgan fingerprint density at radius 3 is 1.28 bits per heavy atom. The van der Waals surface area contributed by atoms with Crippen molar-refractivity contribution in [2.24, 2.45) is 0 Å². The second-order valence-corrected chi connectivity index (χ2v) is 15.3. The predicted molar refractivity (Wildman–Crippen MR) is 242 cm³/mol. The van der Waals surface area contributed by atoms with E-state index in [2.05, 4.69) is 214 Å². The predicted octanol–water partition coefficient (Wildman–Crippen LogP) is 14.4. The van der Waals surface area contributed by atoms with Crippen LogP contribution in [0, 0.1) is 0 Å². The Balaban J connectivity index is 1.08. The first kappa shape index (κ1) is 30.7. The standard InChI is InChI=1S/C54H33N3/c1-2-15-35(16-3-1)55-47-23-11-8-18-39(47)45-33-51-46(32-50(45)55)40-19-9-12-24-48(40)56(51)36-27-29-37(30-28-36)57-49-25-13-10-22-43(49)53-42-21-7-6-20-41(42)52-38-17-5-4-14-34(38)26-31-44(52)54(53)57/h1-33H. The van der Waals surface area contributed by atoms with Gasteiger partial charge in [0.15, 0.2) is 0 Å². The summed E-state index contributed by atoms with van der Waals surface area (Å²) in [6, 6.07) is 73.7. The smallest absolute Gasteiger partial charge is 0.0626 e. The van der Waals surface area contributed by atoms with Gasteiger partial charge >= 0.3 is 0 Å². The van der Waals surface area contributed by atoms with Crippen molar-refractivity contribution in [2.75, 3.05) is 0 Å². The highest BCUT2D eigenvalue weighted by atomic mass is 15.0. The van der Waals surface area contributed by atoms with Gasteiger partial charge in [0.2, 0.25) is 0 Å². The quantitative estimate of drug-likeness (QED) is 0.161. The number of benzene rings is 10. The summed E-state index contributed by atoms with van der Waals surface area (Å²) in [6.45, 7) is 0. The van der Waals surface area contributed by atoms with Crippen LogP contribution in [-0.4, -0.2) is 13.7 Å². The van der Waals surface area contributed by atoms with Crippen LogP contribution in [-0.2, 0) is 0 Å². The minimum Gasteiger partial charge on any atom is -0.309 e. The summed E-state index contributed by atoms with van der Waals surface area (Å²) in [7, 11) is 0. The van der Waals surface area contributed by atoms with E-state index in [9.17, 15) is 0 Å². The van der Waals surface area contributed by atoms with Crippen molar-refractivity contribution in [2.45, 2.75) is 0 Å². The molecule has 13 rings (SSSR count). The molecule has 3 heteroatoms. The molecule has 0 aliphatic rings. The van der Waals surface area contributed by atoms with Crippen LogP contribution in [0.4, 0.5) is 0 Å². The highest BCUT2D eigenvalue weighted by Gasteiger charge is 2.21. The lowest BCUT2D eigenvalue weighted by molar-refractivity contribution is 1.15. The van der Waals surface area contributed by atoms with E-state index in [4.69, 9.17) is 0 Å². The SMILES string of the molecule is c1ccc(-n2c3ccccc3c3cc4c(cc32)c2ccccc2n4-c2ccc(-n3c4ccccc4c4c5ccccc5c5c6ccccc6ccc5c43)cc2)cc1. The molecule has 3 nitrogen and oxygen atoms in total. The summed E-state index contributed by atoms with van der Waals surface area (Å²) < 4.78 is 7.35. The third-order valence-corrected chi connectivity index (χ3v) is 12.4. The maximum absolute atomic E-state index is 2.49. The molecule has 0 spiro atoms. The normalized spacial score (nSPS) is 12.2. The van der Waals surface area contributed by atoms with Crippen LogP contribution in [0.5, 0.6) is 0 Å². The molecule has 0 amide bonds. The minimum atomic E-state index is 1.14. The Hall–Kier alpha value is -7.62. The summed E-state index contributed by atoms with van der Waals surface area (Å²) in [5.74, 6) is 0. The number of rotatable bonds is 3. The van der Waals surface area contributed by atoms with E-state index in [0.717, 1.165) is 11.4 Å². The Kier molecular flexibility index (Phi) is 6.16. The number of nitrogens with zero attached hydrogens (tertiary/aromatic N) is 3. The van der Waals surface area contributed by atoms with Gasteiger partial charge in [-0.1, -0.05) is 133 Å². The fourth-order valence-electron chi connectivity index (χ4n) is 10.0. The van der Waals surface area contributed by atoms with Gasteiger partial charge in [0, 0.05) is 54.8 Å². The molecule has 0 aliphatic carbocycles. The topological polar surface area (TPSA) is 14.8 Å². The minimum absolute atomic E-state index is 1.14. The second kappa shape index (κ2) is 11.5. The van der Waals surface area contributed by atoms with Gasteiger partial charge in [0.25, 0.3) is 0 Å². The summed E-state index contributed by atoms with van der Waals surface area (Å²) in [4.78, 5) is 0. The molecular weight excluding hydrogens is 691 g/mol. The van der Waals surface area contributed by atoms with E-state index in [0.29, 0.717) is 0 Å². The summed E-state index contributed by atoms with van der Waals surface area (Å²) in [6.07, 6.45) is 0. The number of fused-ring (bicyclic) bond motifs is 16. The molecule has 13 aromatic rings. The highest BCUT2D eigenvalue weighted by Crippen LogP contribution is 2.45. The van der Waals surface area contributed by atoms with Crippen molar-refractivity contribution in [1.82, 2.24) is 13.7 Å². The molecule has 0 saturated carbocycles. The summed E-state index contributed by atoms with van der Waals surface area (Å²) in [5, 5.41) is 15.3. The van der Waals surface area contributed by atoms with E-state index < -0.39 is 0 Å².